The Hall–Kier alpha value is -3.64. The summed E-state index contributed by atoms with van der Waals surface area (Å²) in [7, 11) is 0. The number of carbonyl (C=O) groups is 1. The molecule has 0 radical (unpaired) electrons. The van der Waals surface area contributed by atoms with Gasteiger partial charge in [-0.1, -0.05) is 6.07 Å². The number of hydrogen-bond acceptors (Lipinski definition) is 3. The highest BCUT2D eigenvalue weighted by Crippen LogP contribution is 2.35. The predicted octanol–water partition coefficient (Wildman–Crippen LogP) is 5.39. The summed E-state index contributed by atoms with van der Waals surface area (Å²) in [6.45, 7) is 0.973. The van der Waals surface area contributed by atoms with Gasteiger partial charge in [0.15, 0.2) is 17.3 Å². The summed E-state index contributed by atoms with van der Waals surface area (Å²) in [6, 6.07) is 4.60. The molecule has 3 aromatic rings. The molecular weight excluding hydrogens is 478 g/mol. The normalized spacial score (nSPS) is 13.0. The zero-order valence-electron chi connectivity index (χ0n) is 17.1. The van der Waals surface area contributed by atoms with Crippen LogP contribution in [0.2, 0.25) is 0 Å². The third-order valence-corrected chi connectivity index (χ3v) is 4.46. The molecule has 0 fully saturated rings. The fourth-order valence-electron chi connectivity index (χ4n) is 2.95. The quantitative estimate of drug-likeness (QED) is 0.469. The monoisotopic (exact) mass is 493 g/mol. The number of nitrogens with one attached hydrogen (secondary N) is 1. The molecule has 1 atom stereocenters. The van der Waals surface area contributed by atoms with Gasteiger partial charge >= 0.3 is 12.4 Å². The zero-order chi connectivity index (χ0) is 25.3. The van der Waals surface area contributed by atoms with E-state index in [2.05, 4.69) is 10.4 Å². The van der Waals surface area contributed by atoms with Crippen molar-refractivity contribution in [2.45, 2.75) is 25.3 Å². The first-order valence-corrected chi connectivity index (χ1v) is 9.49. The maximum atomic E-state index is 13.7. The SMILES string of the molecule is CC(COc1ccc(F)cc1F)NC(=O)c1cnn(-c2cccc(C(F)(F)F)c2)c1C(F)(F)F. The molecule has 1 aromatic heterocycles. The van der Waals surface area contributed by atoms with Gasteiger partial charge < -0.3 is 10.1 Å². The van der Waals surface area contributed by atoms with E-state index in [1.54, 1.807) is 0 Å². The molecule has 1 heterocycles. The van der Waals surface area contributed by atoms with Crippen LogP contribution < -0.4 is 10.1 Å². The van der Waals surface area contributed by atoms with Crippen LogP contribution in [0.3, 0.4) is 0 Å². The van der Waals surface area contributed by atoms with Gasteiger partial charge in [-0.2, -0.15) is 31.4 Å². The third-order valence-electron chi connectivity index (χ3n) is 4.46. The second kappa shape index (κ2) is 9.31. The highest BCUT2D eigenvalue weighted by Gasteiger charge is 2.41. The van der Waals surface area contributed by atoms with Gasteiger partial charge in [0, 0.05) is 6.07 Å². The summed E-state index contributed by atoms with van der Waals surface area (Å²) in [5.74, 6) is -3.43. The molecule has 0 aliphatic rings. The number of ether oxygens (including phenoxy) is 1. The Morgan fingerprint density at radius 1 is 1.06 bits per heavy atom. The molecule has 0 bridgehead atoms. The molecule has 13 heteroatoms. The lowest BCUT2D eigenvalue weighted by atomic mass is 10.1. The Morgan fingerprint density at radius 3 is 2.38 bits per heavy atom. The second-order valence-electron chi connectivity index (χ2n) is 7.12. The van der Waals surface area contributed by atoms with Crippen LogP contribution >= 0.6 is 0 Å². The van der Waals surface area contributed by atoms with Gasteiger partial charge in [0.05, 0.1) is 29.1 Å². The Morgan fingerprint density at radius 2 is 1.76 bits per heavy atom. The molecule has 1 unspecified atom stereocenters. The molecule has 182 valence electrons. The van der Waals surface area contributed by atoms with Crippen LogP contribution in [0.15, 0.2) is 48.7 Å². The standard InChI is InChI=1S/C21H15F8N3O2/c1-11(10-34-17-6-5-13(22)8-16(17)23)31-19(33)15-9-30-32(18(15)21(27,28)29)14-4-2-3-12(7-14)20(24,25)26/h2-9,11H,10H2,1H3,(H,31,33). The lowest BCUT2D eigenvalue weighted by Gasteiger charge is -2.17. The number of alkyl halides is 6. The minimum Gasteiger partial charge on any atom is -0.488 e. The molecule has 1 N–H and O–H groups in total. The van der Waals surface area contributed by atoms with Crippen LogP contribution in [0.1, 0.15) is 28.5 Å². The molecule has 0 aliphatic carbocycles. The van der Waals surface area contributed by atoms with E-state index in [1.165, 1.54) is 6.92 Å². The lowest BCUT2D eigenvalue weighted by Crippen LogP contribution is -2.37. The maximum Gasteiger partial charge on any atom is 0.434 e. The maximum absolute atomic E-state index is 13.7. The Kier molecular flexibility index (Phi) is 6.84. The third kappa shape index (κ3) is 5.64. The van der Waals surface area contributed by atoms with Crippen molar-refractivity contribution in [2.75, 3.05) is 6.61 Å². The highest BCUT2D eigenvalue weighted by atomic mass is 19.4. The average Bonchev–Trinajstić information content (AvgIpc) is 3.19. The Bertz CT molecular complexity index is 1190. The largest absolute Gasteiger partial charge is 0.488 e. The zero-order valence-corrected chi connectivity index (χ0v) is 17.1. The van der Waals surface area contributed by atoms with Crippen molar-refractivity contribution in [2.24, 2.45) is 0 Å². The molecule has 2 aromatic carbocycles. The van der Waals surface area contributed by atoms with Crippen LogP contribution in [0.5, 0.6) is 5.75 Å². The van der Waals surface area contributed by atoms with Crippen LogP contribution in [-0.4, -0.2) is 28.3 Å². The summed E-state index contributed by atoms with van der Waals surface area (Å²) in [6.07, 6.45) is -9.37. The van der Waals surface area contributed by atoms with Crippen molar-refractivity contribution in [1.29, 1.82) is 0 Å². The van der Waals surface area contributed by atoms with Gasteiger partial charge in [-0.25, -0.2) is 13.5 Å². The predicted molar refractivity (Wildman–Crippen MR) is 102 cm³/mol. The van der Waals surface area contributed by atoms with Crippen molar-refractivity contribution in [3.63, 3.8) is 0 Å². The number of rotatable bonds is 6. The van der Waals surface area contributed by atoms with Gasteiger partial charge in [0.1, 0.15) is 12.4 Å². The number of nitrogens with zero attached hydrogens (tertiary/aromatic N) is 2. The first kappa shape index (κ1) is 25.0. The number of hydrogen-bond donors (Lipinski definition) is 1. The van der Waals surface area contributed by atoms with E-state index in [9.17, 15) is 39.9 Å². The Labute approximate surface area is 186 Å². The van der Waals surface area contributed by atoms with E-state index in [-0.39, 0.29) is 17.0 Å². The molecule has 0 saturated heterocycles. The topological polar surface area (TPSA) is 56.1 Å². The van der Waals surface area contributed by atoms with Gasteiger partial charge in [0.25, 0.3) is 5.91 Å². The first-order valence-electron chi connectivity index (χ1n) is 9.49. The lowest BCUT2D eigenvalue weighted by molar-refractivity contribution is -0.143. The van der Waals surface area contributed by atoms with Gasteiger partial charge in [-0.05, 0) is 37.3 Å². The van der Waals surface area contributed by atoms with E-state index in [0.29, 0.717) is 24.4 Å². The minimum absolute atomic E-state index is 0.194. The molecule has 1 amide bonds. The number of carbonyl (C=O) groups excluding carboxylic acids is 1. The van der Waals surface area contributed by atoms with Crippen molar-refractivity contribution in [3.8, 4) is 11.4 Å². The molecule has 3 rings (SSSR count). The van der Waals surface area contributed by atoms with Crippen molar-refractivity contribution in [3.05, 3.63) is 77.1 Å². The highest BCUT2D eigenvalue weighted by molar-refractivity contribution is 5.95. The molecule has 0 saturated carbocycles. The summed E-state index contributed by atoms with van der Waals surface area (Å²) >= 11 is 0. The van der Waals surface area contributed by atoms with Gasteiger partial charge in [-0.15, -0.1) is 0 Å². The number of benzene rings is 2. The summed E-state index contributed by atoms with van der Waals surface area (Å²) in [4.78, 5) is 12.5. The van der Waals surface area contributed by atoms with Gasteiger partial charge in [-0.3, -0.25) is 4.79 Å². The minimum atomic E-state index is -5.14. The fourth-order valence-corrected chi connectivity index (χ4v) is 2.95. The van der Waals surface area contributed by atoms with Crippen LogP contribution in [0.4, 0.5) is 35.1 Å². The average molecular weight is 493 g/mol. The van der Waals surface area contributed by atoms with Crippen molar-refractivity contribution in [1.82, 2.24) is 15.1 Å². The molecule has 0 aliphatic heterocycles. The molecule has 0 spiro atoms. The van der Waals surface area contributed by atoms with E-state index in [4.69, 9.17) is 4.74 Å². The Balaban J connectivity index is 1.83. The fraction of sp³-hybridized carbons (Fsp3) is 0.238. The van der Waals surface area contributed by atoms with Crippen LogP contribution in [0.25, 0.3) is 5.69 Å². The second-order valence-corrected chi connectivity index (χ2v) is 7.12. The van der Waals surface area contributed by atoms with Crippen molar-refractivity contribution < 1.29 is 44.7 Å². The van der Waals surface area contributed by atoms with E-state index >= 15 is 0 Å². The number of amides is 1. The van der Waals surface area contributed by atoms with Crippen LogP contribution in [-0.2, 0) is 12.4 Å². The summed E-state index contributed by atoms with van der Waals surface area (Å²) in [5, 5.41) is 5.69. The number of aromatic nitrogens is 2. The molecule has 5 nitrogen and oxygen atoms in total. The van der Waals surface area contributed by atoms with Crippen LogP contribution in [0, 0.1) is 11.6 Å². The summed E-state index contributed by atoms with van der Waals surface area (Å²) in [5.41, 5.74) is -4.27. The summed E-state index contributed by atoms with van der Waals surface area (Å²) < 4.78 is 112. The van der Waals surface area contributed by atoms with E-state index < -0.39 is 58.4 Å². The molecular formula is C21H15F8N3O2. The van der Waals surface area contributed by atoms with E-state index in [0.717, 1.165) is 24.3 Å². The van der Waals surface area contributed by atoms with Gasteiger partial charge in [0.2, 0.25) is 0 Å². The number of halogens is 8. The first-order chi connectivity index (χ1) is 15.8. The van der Waals surface area contributed by atoms with E-state index in [1.807, 2.05) is 0 Å². The molecule has 34 heavy (non-hydrogen) atoms. The smallest absolute Gasteiger partial charge is 0.434 e. The van der Waals surface area contributed by atoms with Crippen molar-refractivity contribution >= 4 is 5.91 Å².